The summed E-state index contributed by atoms with van der Waals surface area (Å²) in [5, 5.41) is 9.29. The topological polar surface area (TPSA) is 49.8 Å². The summed E-state index contributed by atoms with van der Waals surface area (Å²) < 4.78 is 46.0. The molecule has 1 aliphatic carbocycles. The van der Waals surface area contributed by atoms with E-state index in [0.29, 0.717) is 54.5 Å². The Morgan fingerprint density at radius 1 is 1.19 bits per heavy atom. The molecular weight excluding hydrogens is 526 g/mol. The molecule has 2 aromatic carbocycles. The SMILES string of the molecule is CC(CN(CCCOC1=CC(=CC(=O)O)CC=C1)Cc1cccc(C(F)(F)F)c1Cl)c1ccccc1Cl. The number of carboxylic acid groups (broad SMARTS) is 1. The van der Waals surface area contributed by atoms with Crippen LogP contribution < -0.4 is 0 Å². The van der Waals surface area contributed by atoms with Gasteiger partial charge in [-0.2, -0.15) is 13.2 Å². The summed E-state index contributed by atoms with van der Waals surface area (Å²) in [4.78, 5) is 13.0. The molecule has 1 atom stereocenters. The second-order valence-corrected chi connectivity index (χ2v) is 9.63. The van der Waals surface area contributed by atoms with Gasteiger partial charge in [0, 0.05) is 30.7 Å². The number of halogens is 5. The van der Waals surface area contributed by atoms with E-state index < -0.39 is 17.7 Å². The Morgan fingerprint density at radius 2 is 1.95 bits per heavy atom. The number of alkyl halides is 3. The van der Waals surface area contributed by atoms with Crippen LogP contribution in [-0.4, -0.2) is 35.7 Å². The fraction of sp³-hybridized carbons (Fsp3) is 0.321. The van der Waals surface area contributed by atoms with E-state index in [2.05, 4.69) is 0 Å². The predicted molar refractivity (Wildman–Crippen MR) is 140 cm³/mol. The Balaban J connectivity index is 1.71. The average Bonchev–Trinajstić information content (AvgIpc) is 2.82. The van der Waals surface area contributed by atoms with Crippen molar-refractivity contribution in [1.82, 2.24) is 4.90 Å². The van der Waals surface area contributed by atoms with Gasteiger partial charge in [0.15, 0.2) is 0 Å². The monoisotopic (exact) mass is 553 g/mol. The Bertz CT molecular complexity index is 1190. The van der Waals surface area contributed by atoms with Crippen LogP contribution in [0.1, 0.15) is 42.4 Å². The number of rotatable bonds is 11. The van der Waals surface area contributed by atoms with E-state index in [1.165, 1.54) is 6.07 Å². The van der Waals surface area contributed by atoms with Crippen molar-refractivity contribution in [2.75, 3.05) is 19.7 Å². The van der Waals surface area contributed by atoms with Crippen LogP contribution in [0.5, 0.6) is 0 Å². The fourth-order valence-corrected chi connectivity index (χ4v) is 4.80. The molecule has 1 N–H and O–H groups in total. The Hall–Kier alpha value is -2.74. The summed E-state index contributed by atoms with van der Waals surface area (Å²) in [6, 6.07) is 11.5. The normalized spacial score (nSPS) is 15.6. The molecule has 1 unspecified atom stereocenters. The van der Waals surface area contributed by atoms with Gasteiger partial charge in [-0.05, 0) is 59.7 Å². The van der Waals surface area contributed by atoms with E-state index in [0.717, 1.165) is 17.7 Å². The third-order valence-electron chi connectivity index (χ3n) is 5.91. The summed E-state index contributed by atoms with van der Waals surface area (Å²) in [6.45, 7) is 3.68. The number of allylic oxidation sites excluding steroid dienone is 4. The highest BCUT2D eigenvalue weighted by Gasteiger charge is 2.34. The van der Waals surface area contributed by atoms with E-state index >= 15 is 0 Å². The van der Waals surface area contributed by atoms with Gasteiger partial charge in [-0.15, -0.1) is 0 Å². The molecular formula is C28H28Cl2F3NO3. The molecule has 0 saturated heterocycles. The van der Waals surface area contributed by atoms with Crippen molar-refractivity contribution in [3.05, 3.63) is 105 Å². The molecule has 1 aliphatic rings. The van der Waals surface area contributed by atoms with Crippen LogP contribution in [0.15, 0.2) is 78.1 Å². The first-order valence-corrected chi connectivity index (χ1v) is 12.6. The van der Waals surface area contributed by atoms with Crippen LogP contribution >= 0.6 is 23.2 Å². The molecule has 0 saturated carbocycles. The van der Waals surface area contributed by atoms with Gasteiger partial charge in [-0.1, -0.05) is 66.5 Å². The fourth-order valence-electron chi connectivity index (χ4n) is 4.19. The largest absolute Gasteiger partial charge is 0.494 e. The smallest absolute Gasteiger partial charge is 0.417 e. The molecule has 4 nitrogen and oxygen atoms in total. The molecule has 0 radical (unpaired) electrons. The molecule has 0 aliphatic heterocycles. The summed E-state index contributed by atoms with van der Waals surface area (Å²) in [7, 11) is 0. The van der Waals surface area contributed by atoms with Crippen LogP contribution in [0.3, 0.4) is 0 Å². The zero-order valence-electron chi connectivity index (χ0n) is 20.3. The van der Waals surface area contributed by atoms with Gasteiger partial charge in [0.05, 0.1) is 17.2 Å². The number of nitrogens with zero attached hydrogens (tertiary/aromatic N) is 1. The van der Waals surface area contributed by atoms with Gasteiger partial charge in [0.1, 0.15) is 5.76 Å². The van der Waals surface area contributed by atoms with Crippen LogP contribution in [-0.2, 0) is 22.3 Å². The lowest BCUT2D eigenvalue weighted by molar-refractivity contribution is -0.137. The first kappa shape index (κ1) is 28.8. The molecule has 37 heavy (non-hydrogen) atoms. The van der Waals surface area contributed by atoms with E-state index in [4.69, 9.17) is 33.0 Å². The maximum atomic E-state index is 13.4. The van der Waals surface area contributed by atoms with Crippen molar-refractivity contribution in [2.24, 2.45) is 0 Å². The molecule has 0 bridgehead atoms. The van der Waals surface area contributed by atoms with Crippen molar-refractivity contribution < 1.29 is 27.8 Å². The van der Waals surface area contributed by atoms with Crippen molar-refractivity contribution in [3.8, 4) is 0 Å². The van der Waals surface area contributed by atoms with Crippen molar-refractivity contribution in [1.29, 1.82) is 0 Å². The molecule has 0 spiro atoms. The molecule has 9 heteroatoms. The highest BCUT2D eigenvalue weighted by atomic mass is 35.5. The summed E-state index contributed by atoms with van der Waals surface area (Å²) >= 11 is 12.6. The first-order valence-electron chi connectivity index (χ1n) is 11.8. The number of carbonyl (C=O) groups is 1. The first-order chi connectivity index (χ1) is 17.5. The van der Waals surface area contributed by atoms with Crippen LogP contribution in [0.4, 0.5) is 13.2 Å². The van der Waals surface area contributed by atoms with Crippen molar-refractivity contribution in [2.45, 2.75) is 38.4 Å². The third-order valence-corrected chi connectivity index (χ3v) is 6.70. The molecule has 2 aromatic rings. The second-order valence-electron chi connectivity index (χ2n) is 8.85. The van der Waals surface area contributed by atoms with Crippen LogP contribution in [0.25, 0.3) is 0 Å². The highest BCUT2D eigenvalue weighted by molar-refractivity contribution is 6.32. The summed E-state index contributed by atoms with van der Waals surface area (Å²) in [5.74, 6) is -0.431. The third kappa shape index (κ3) is 8.66. The molecule has 198 valence electrons. The van der Waals surface area contributed by atoms with Crippen LogP contribution in [0.2, 0.25) is 10.0 Å². The zero-order chi connectivity index (χ0) is 27.0. The molecule has 0 amide bonds. The molecule has 0 fully saturated rings. The van der Waals surface area contributed by atoms with Gasteiger partial charge in [0.2, 0.25) is 0 Å². The van der Waals surface area contributed by atoms with Gasteiger partial charge in [-0.3, -0.25) is 4.90 Å². The highest BCUT2D eigenvalue weighted by Crippen LogP contribution is 2.37. The van der Waals surface area contributed by atoms with E-state index in [-0.39, 0.29) is 17.5 Å². The Kier molecular flexibility index (Phi) is 10.3. The number of ether oxygens (including phenoxy) is 1. The number of benzene rings is 2. The maximum Gasteiger partial charge on any atom is 0.417 e. The van der Waals surface area contributed by atoms with Crippen LogP contribution in [0, 0.1) is 0 Å². The van der Waals surface area contributed by atoms with E-state index in [1.807, 2.05) is 42.2 Å². The van der Waals surface area contributed by atoms with Gasteiger partial charge in [0.25, 0.3) is 0 Å². The minimum atomic E-state index is -4.54. The molecule has 0 heterocycles. The number of aliphatic carboxylic acids is 1. The maximum absolute atomic E-state index is 13.4. The summed E-state index contributed by atoms with van der Waals surface area (Å²) in [6.07, 6.45) is 3.03. The minimum Gasteiger partial charge on any atom is -0.494 e. The van der Waals surface area contributed by atoms with Gasteiger partial charge >= 0.3 is 12.1 Å². The second kappa shape index (κ2) is 13.2. The number of hydrogen-bond acceptors (Lipinski definition) is 3. The average molecular weight is 554 g/mol. The standard InChI is InChI=1S/C28H28Cl2F3NO3/c1-19(23-10-2-3-12-25(23)29)17-34(18-21-8-5-11-24(27(21)30)28(31,32)33)13-6-14-37-22-9-4-7-20(15-22)16-26(35)36/h2-5,8-12,15-16,19H,6-7,13-14,17-18H2,1H3,(H,35,36). The minimum absolute atomic E-state index is 0.0203. The van der Waals surface area contributed by atoms with E-state index in [9.17, 15) is 18.0 Å². The van der Waals surface area contributed by atoms with E-state index in [1.54, 1.807) is 18.2 Å². The van der Waals surface area contributed by atoms with Crippen molar-refractivity contribution in [3.63, 3.8) is 0 Å². The van der Waals surface area contributed by atoms with Gasteiger partial charge in [-0.25, -0.2) is 4.79 Å². The van der Waals surface area contributed by atoms with Gasteiger partial charge < -0.3 is 9.84 Å². The quantitative estimate of drug-likeness (QED) is 0.227. The Morgan fingerprint density at radius 3 is 2.65 bits per heavy atom. The number of carboxylic acids is 1. The summed E-state index contributed by atoms with van der Waals surface area (Å²) in [5.41, 5.74) is 1.13. The zero-order valence-corrected chi connectivity index (χ0v) is 21.8. The lowest BCUT2D eigenvalue weighted by Gasteiger charge is -2.27. The predicted octanol–water partition coefficient (Wildman–Crippen LogP) is 7.88. The van der Waals surface area contributed by atoms with Crippen molar-refractivity contribution >= 4 is 29.2 Å². The molecule has 3 rings (SSSR count). The lowest BCUT2D eigenvalue weighted by atomic mass is 10.00. The Labute approximate surface area is 224 Å². The lowest BCUT2D eigenvalue weighted by Crippen LogP contribution is -2.29. The number of hydrogen-bond donors (Lipinski definition) is 1. The molecule has 0 aromatic heterocycles.